The van der Waals surface area contributed by atoms with Crippen LogP contribution in [-0.2, 0) is 16.0 Å². The Morgan fingerprint density at radius 2 is 1.70 bits per heavy atom. The molecule has 0 spiro atoms. The topological polar surface area (TPSA) is 67.4 Å². The minimum absolute atomic E-state index is 0.0526. The van der Waals surface area contributed by atoms with E-state index in [-0.39, 0.29) is 11.8 Å². The Kier molecular flexibility index (Phi) is 8.65. The van der Waals surface area contributed by atoms with Crippen molar-refractivity contribution >= 4 is 23.4 Å². The number of hydrogen-bond donors (Lipinski definition) is 2. The van der Waals surface area contributed by atoms with Crippen LogP contribution in [0.2, 0.25) is 5.02 Å². The molecule has 0 aromatic heterocycles. The summed E-state index contributed by atoms with van der Waals surface area (Å²) in [5.74, 6) is 0.642. The first kappa shape index (κ1) is 20.8. The van der Waals surface area contributed by atoms with Crippen molar-refractivity contribution in [2.24, 2.45) is 0 Å². The van der Waals surface area contributed by atoms with E-state index in [1.54, 1.807) is 6.07 Å². The van der Waals surface area contributed by atoms with Crippen molar-refractivity contribution in [2.75, 3.05) is 19.7 Å². The van der Waals surface area contributed by atoms with Gasteiger partial charge in [0.25, 0.3) is 0 Å². The standard InChI is InChI=1S/C21H25ClN2O3/c1-16-14-18(9-10-19(16)22)27-13-5-8-20(25)23-11-12-24-21(26)15-17-6-3-2-4-7-17/h2-4,6-7,9-10,14H,5,8,11-13,15H2,1H3,(H,23,25)(H,24,26). The molecule has 2 amide bonds. The van der Waals surface area contributed by atoms with Gasteiger partial charge in [-0.15, -0.1) is 0 Å². The Morgan fingerprint density at radius 1 is 1.00 bits per heavy atom. The quantitative estimate of drug-likeness (QED) is 0.614. The number of rotatable bonds is 10. The van der Waals surface area contributed by atoms with E-state index in [9.17, 15) is 9.59 Å². The summed E-state index contributed by atoms with van der Waals surface area (Å²) in [6.07, 6.45) is 1.34. The number of benzene rings is 2. The number of nitrogens with one attached hydrogen (secondary N) is 2. The fourth-order valence-corrected chi connectivity index (χ4v) is 2.58. The summed E-state index contributed by atoms with van der Waals surface area (Å²) in [7, 11) is 0. The van der Waals surface area contributed by atoms with Crippen LogP contribution in [0.25, 0.3) is 0 Å². The summed E-state index contributed by atoms with van der Waals surface area (Å²) in [5, 5.41) is 6.29. The molecule has 0 atom stereocenters. The monoisotopic (exact) mass is 388 g/mol. The second-order valence-corrected chi connectivity index (χ2v) is 6.63. The average Bonchev–Trinajstić information content (AvgIpc) is 2.66. The molecule has 0 fully saturated rings. The van der Waals surface area contributed by atoms with Crippen molar-refractivity contribution in [1.29, 1.82) is 0 Å². The van der Waals surface area contributed by atoms with Crippen LogP contribution in [-0.4, -0.2) is 31.5 Å². The number of hydrogen-bond acceptors (Lipinski definition) is 3. The average molecular weight is 389 g/mol. The van der Waals surface area contributed by atoms with Crippen LogP contribution in [0, 0.1) is 6.92 Å². The molecule has 0 heterocycles. The maximum absolute atomic E-state index is 11.8. The lowest BCUT2D eigenvalue weighted by atomic mass is 10.1. The van der Waals surface area contributed by atoms with Gasteiger partial charge in [0.1, 0.15) is 5.75 Å². The van der Waals surface area contributed by atoms with Crippen LogP contribution in [0.3, 0.4) is 0 Å². The molecule has 2 aromatic rings. The molecule has 0 aliphatic rings. The van der Waals surface area contributed by atoms with Crippen molar-refractivity contribution in [3.63, 3.8) is 0 Å². The van der Waals surface area contributed by atoms with Crippen LogP contribution in [0.4, 0.5) is 0 Å². The van der Waals surface area contributed by atoms with E-state index in [0.29, 0.717) is 44.0 Å². The van der Waals surface area contributed by atoms with Gasteiger partial charge in [-0.1, -0.05) is 41.9 Å². The van der Waals surface area contributed by atoms with Gasteiger partial charge in [-0.3, -0.25) is 9.59 Å². The second-order valence-electron chi connectivity index (χ2n) is 6.23. The number of halogens is 1. The van der Waals surface area contributed by atoms with E-state index < -0.39 is 0 Å². The van der Waals surface area contributed by atoms with E-state index in [1.807, 2.05) is 49.4 Å². The highest BCUT2D eigenvalue weighted by atomic mass is 35.5. The third kappa shape index (κ3) is 8.13. The van der Waals surface area contributed by atoms with Gasteiger partial charge in [-0.2, -0.15) is 0 Å². The summed E-state index contributed by atoms with van der Waals surface area (Å²) in [4.78, 5) is 23.6. The first-order chi connectivity index (χ1) is 13.0. The highest BCUT2D eigenvalue weighted by molar-refractivity contribution is 6.31. The molecule has 0 aliphatic carbocycles. The molecule has 2 aromatic carbocycles. The molecule has 0 radical (unpaired) electrons. The molecule has 144 valence electrons. The summed E-state index contributed by atoms with van der Waals surface area (Å²) in [6.45, 7) is 3.21. The number of carbonyl (C=O) groups is 2. The van der Waals surface area contributed by atoms with Crippen molar-refractivity contribution in [3.8, 4) is 5.75 Å². The molecule has 0 saturated carbocycles. The molecular weight excluding hydrogens is 364 g/mol. The minimum Gasteiger partial charge on any atom is -0.494 e. The van der Waals surface area contributed by atoms with Gasteiger partial charge >= 0.3 is 0 Å². The van der Waals surface area contributed by atoms with Crippen molar-refractivity contribution in [1.82, 2.24) is 10.6 Å². The predicted octanol–water partition coefficient (Wildman–Crippen LogP) is 3.28. The van der Waals surface area contributed by atoms with Gasteiger partial charge in [-0.25, -0.2) is 0 Å². The number of amides is 2. The second kappa shape index (κ2) is 11.2. The lowest BCUT2D eigenvalue weighted by Crippen LogP contribution is -2.35. The van der Waals surface area contributed by atoms with Gasteiger partial charge in [0.05, 0.1) is 13.0 Å². The number of aryl methyl sites for hydroxylation is 1. The van der Waals surface area contributed by atoms with E-state index >= 15 is 0 Å². The SMILES string of the molecule is Cc1cc(OCCCC(=O)NCCNC(=O)Cc2ccccc2)ccc1Cl. The molecule has 0 saturated heterocycles. The van der Waals surface area contributed by atoms with Gasteiger partial charge in [0.2, 0.25) is 11.8 Å². The van der Waals surface area contributed by atoms with Crippen LogP contribution in [0.5, 0.6) is 5.75 Å². The van der Waals surface area contributed by atoms with Gasteiger partial charge in [-0.05, 0) is 42.7 Å². The summed E-state index contributed by atoms with van der Waals surface area (Å²) >= 11 is 5.97. The third-order valence-corrected chi connectivity index (χ3v) is 4.35. The molecular formula is C21H25ClN2O3. The van der Waals surface area contributed by atoms with Gasteiger partial charge in [0.15, 0.2) is 0 Å². The highest BCUT2D eigenvalue weighted by Gasteiger charge is 2.04. The Hall–Kier alpha value is -2.53. The maximum atomic E-state index is 11.8. The molecule has 6 heteroatoms. The maximum Gasteiger partial charge on any atom is 0.224 e. The fraction of sp³-hybridized carbons (Fsp3) is 0.333. The van der Waals surface area contributed by atoms with E-state index in [2.05, 4.69) is 10.6 Å². The Morgan fingerprint density at radius 3 is 2.41 bits per heavy atom. The van der Waals surface area contributed by atoms with E-state index in [4.69, 9.17) is 16.3 Å². The van der Waals surface area contributed by atoms with Crippen molar-refractivity contribution in [3.05, 3.63) is 64.7 Å². The normalized spacial score (nSPS) is 10.3. The molecule has 0 aliphatic heterocycles. The fourth-order valence-electron chi connectivity index (χ4n) is 2.47. The number of carbonyl (C=O) groups excluding carboxylic acids is 2. The highest BCUT2D eigenvalue weighted by Crippen LogP contribution is 2.21. The van der Waals surface area contributed by atoms with Gasteiger partial charge < -0.3 is 15.4 Å². The van der Waals surface area contributed by atoms with Crippen LogP contribution >= 0.6 is 11.6 Å². The lowest BCUT2D eigenvalue weighted by molar-refractivity contribution is -0.122. The molecule has 2 rings (SSSR count). The molecule has 0 unspecified atom stereocenters. The van der Waals surface area contributed by atoms with Crippen molar-refractivity contribution < 1.29 is 14.3 Å². The minimum atomic E-state index is -0.0536. The molecule has 0 bridgehead atoms. The Balaban J connectivity index is 1.52. The molecule has 2 N–H and O–H groups in total. The third-order valence-electron chi connectivity index (χ3n) is 3.92. The largest absolute Gasteiger partial charge is 0.494 e. The predicted molar refractivity (Wildman–Crippen MR) is 107 cm³/mol. The van der Waals surface area contributed by atoms with Crippen molar-refractivity contribution in [2.45, 2.75) is 26.2 Å². The first-order valence-corrected chi connectivity index (χ1v) is 9.38. The molecule has 27 heavy (non-hydrogen) atoms. The van der Waals surface area contributed by atoms with Crippen LogP contribution in [0.1, 0.15) is 24.0 Å². The lowest BCUT2D eigenvalue weighted by Gasteiger charge is -2.09. The zero-order valence-corrected chi connectivity index (χ0v) is 16.2. The van der Waals surface area contributed by atoms with E-state index in [0.717, 1.165) is 16.9 Å². The van der Waals surface area contributed by atoms with Crippen LogP contribution < -0.4 is 15.4 Å². The van der Waals surface area contributed by atoms with E-state index in [1.165, 1.54) is 0 Å². The summed E-state index contributed by atoms with van der Waals surface area (Å²) in [6, 6.07) is 15.0. The molecule has 5 nitrogen and oxygen atoms in total. The number of ether oxygens (including phenoxy) is 1. The van der Waals surface area contributed by atoms with Gasteiger partial charge in [0, 0.05) is 24.5 Å². The van der Waals surface area contributed by atoms with Crippen LogP contribution in [0.15, 0.2) is 48.5 Å². The Labute approximate surface area is 165 Å². The summed E-state index contributed by atoms with van der Waals surface area (Å²) in [5.41, 5.74) is 1.93. The Bertz CT molecular complexity index is 750. The summed E-state index contributed by atoms with van der Waals surface area (Å²) < 4.78 is 5.61. The zero-order chi connectivity index (χ0) is 19.5. The zero-order valence-electron chi connectivity index (χ0n) is 15.5. The first-order valence-electron chi connectivity index (χ1n) is 9.01. The smallest absolute Gasteiger partial charge is 0.224 e.